The molecule has 2 rings (SSSR count). The SMILES string of the molecule is O=C(CNc1ccccn1)c1ccc(Cl)cc1Cl. The van der Waals surface area contributed by atoms with Crippen molar-refractivity contribution in [3.8, 4) is 0 Å². The van der Waals surface area contributed by atoms with Crippen LogP contribution in [0.3, 0.4) is 0 Å². The van der Waals surface area contributed by atoms with E-state index in [1.165, 1.54) is 0 Å². The van der Waals surface area contributed by atoms with Crippen LogP contribution in [-0.2, 0) is 0 Å². The Morgan fingerprint density at radius 1 is 1.22 bits per heavy atom. The summed E-state index contributed by atoms with van der Waals surface area (Å²) in [5.41, 5.74) is 0.449. The Kier molecular flexibility index (Phi) is 4.18. The van der Waals surface area contributed by atoms with Gasteiger partial charge in [0.15, 0.2) is 5.78 Å². The molecule has 2 aromatic rings. The molecule has 1 N–H and O–H groups in total. The molecule has 0 atom stereocenters. The molecule has 0 aliphatic carbocycles. The Morgan fingerprint density at radius 2 is 2.06 bits per heavy atom. The van der Waals surface area contributed by atoms with E-state index in [-0.39, 0.29) is 12.3 Å². The third-order valence-electron chi connectivity index (χ3n) is 2.33. The highest BCUT2D eigenvalue weighted by Gasteiger charge is 2.10. The van der Waals surface area contributed by atoms with Crippen molar-refractivity contribution < 1.29 is 4.79 Å². The van der Waals surface area contributed by atoms with Gasteiger partial charge in [0.1, 0.15) is 5.82 Å². The molecule has 18 heavy (non-hydrogen) atoms. The van der Waals surface area contributed by atoms with Crippen LogP contribution in [0.4, 0.5) is 5.82 Å². The van der Waals surface area contributed by atoms with Crippen molar-refractivity contribution in [2.45, 2.75) is 0 Å². The first kappa shape index (κ1) is 12.9. The van der Waals surface area contributed by atoms with E-state index in [4.69, 9.17) is 23.2 Å². The van der Waals surface area contributed by atoms with Crippen LogP contribution in [0.2, 0.25) is 10.0 Å². The van der Waals surface area contributed by atoms with E-state index < -0.39 is 0 Å². The minimum absolute atomic E-state index is 0.109. The van der Waals surface area contributed by atoms with Gasteiger partial charge in [0.2, 0.25) is 0 Å². The average Bonchev–Trinajstić information content (AvgIpc) is 2.37. The fraction of sp³-hybridized carbons (Fsp3) is 0.0769. The first-order valence-electron chi connectivity index (χ1n) is 5.30. The van der Waals surface area contributed by atoms with Crippen LogP contribution < -0.4 is 5.32 Å². The number of carbonyl (C=O) groups is 1. The summed E-state index contributed by atoms with van der Waals surface area (Å²) in [4.78, 5) is 16.0. The molecular formula is C13H10Cl2N2O. The quantitative estimate of drug-likeness (QED) is 0.869. The number of hydrogen-bond donors (Lipinski definition) is 1. The fourth-order valence-corrected chi connectivity index (χ4v) is 1.96. The van der Waals surface area contributed by atoms with E-state index >= 15 is 0 Å². The smallest absolute Gasteiger partial charge is 0.183 e. The van der Waals surface area contributed by atoms with Gasteiger partial charge < -0.3 is 5.32 Å². The maximum absolute atomic E-state index is 11.9. The van der Waals surface area contributed by atoms with Crippen molar-refractivity contribution in [1.82, 2.24) is 4.98 Å². The zero-order valence-electron chi connectivity index (χ0n) is 9.36. The van der Waals surface area contributed by atoms with Crippen molar-refractivity contribution in [2.75, 3.05) is 11.9 Å². The Hall–Kier alpha value is -1.58. The molecular weight excluding hydrogens is 271 g/mol. The van der Waals surface area contributed by atoms with Gasteiger partial charge in [0.25, 0.3) is 0 Å². The van der Waals surface area contributed by atoms with Crippen molar-refractivity contribution >= 4 is 34.8 Å². The number of nitrogens with zero attached hydrogens (tertiary/aromatic N) is 1. The van der Waals surface area contributed by atoms with E-state index in [1.807, 2.05) is 12.1 Å². The van der Waals surface area contributed by atoms with Crippen molar-refractivity contribution in [2.24, 2.45) is 0 Å². The number of aromatic nitrogens is 1. The van der Waals surface area contributed by atoms with Crippen LogP contribution in [0, 0.1) is 0 Å². The number of rotatable bonds is 4. The lowest BCUT2D eigenvalue weighted by Crippen LogP contribution is -2.15. The molecule has 0 spiro atoms. The molecule has 5 heteroatoms. The van der Waals surface area contributed by atoms with Crippen LogP contribution in [0.25, 0.3) is 0 Å². The molecule has 0 unspecified atom stereocenters. The predicted molar refractivity (Wildman–Crippen MR) is 73.5 cm³/mol. The fourth-order valence-electron chi connectivity index (χ4n) is 1.45. The maximum atomic E-state index is 11.9. The molecule has 3 nitrogen and oxygen atoms in total. The van der Waals surface area contributed by atoms with E-state index in [0.29, 0.717) is 21.4 Å². The second-order valence-electron chi connectivity index (χ2n) is 3.62. The van der Waals surface area contributed by atoms with Gasteiger partial charge in [-0.15, -0.1) is 0 Å². The number of Topliss-reactive ketones (excluding diaryl/α,β-unsaturated/α-hetero) is 1. The lowest BCUT2D eigenvalue weighted by atomic mass is 10.1. The summed E-state index contributed by atoms with van der Waals surface area (Å²) in [6.45, 7) is 0.137. The second kappa shape index (κ2) is 5.85. The Morgan fingerprint density at radius 3 is 2.72 bits per heavy atom. The van der Waals surface area contributed by atoms with Crippen LogP contribution in [0.5, 0.6) is 0 Å². The van der Waals surface area contributed by atoms with Gasteiger partial charge in [0.05, 0.1) is 11.6 Å². The summed E-state index contributed by atoms with van der Waals surface area (Å²) in [5.74, 6) is 0.540. The largest absolute Gasteiger partial charge is 0.363 e. The number of anilines is 1. The summed E-state index contributed by atoms with van der Waals surface area (Å²) >= 11 is 11.7. The highest BCUT2D eigenvalue weighted by Crippen LogP contribution is 2.21. The molecule has 0 saturated carbocycles. The summed E-state index contributed by atoms with van der Waals surface area (Å²) in [5, 5.41) is 3.80. The van der Waals surface area contributed by atoms with Crippen LogP contribution in [-0.4, -0.2) is 17.3 Å². The number of benzene rings is 1. The lowest BCUT2D eigenvalue weighted by Gasteiger charge is -2.06. The van der Waals surface area contributed by atoms with Gasteiger partial charge in [-0.2, -0.15) is 0 Å². The topological polar surface area (TPSA) is 42.0 Å². The van der Waals surface area contributed by atoms with E-state index in [9.17, 15) is 4.79 Å². The molecule has 0 fully saturated rings. The van der Waals surface area contributed by atoms with E-state index in [0.717, 1.165) is 0 Å². The third kappa shape index (κ3) is 3.22. The standard InChI is InChI=1S/C13H10Cl2N2O/c14-9-4-5-10(11(15)7-9)12(18)8-17-13-3-1-2-6-16-13/h1-7H,8H2,(H,16,17). The second-order valence-corrected chi connectivity index (χ2v) is 4.46. The van der Waals surface area contributed by atoms with Gasteiger partial charge in [-0.25, -0.2) is 4.98 Å². The highest BCUT2D eigenvalue weighted by molar-refractivity contribution is 6.36. The molecule has 92 valence electrons. The van der Waals surface area contributed by atoms with Gasteiger partial charge in [-0.05, 0) is 30.3 Å². The van der Waals surface area contributed by atoms with Gasteiger partial charge in [-0.1, -0.05) is 29.3 Å². The van der Waals surface area contributed by atoms with E-state index in [2.05, 4.69) is 10.3 Å². The summed E-state index contributed by atoms with van der Waals surface area (Å²) in [6, 6.07) is 10.3. The monoisotopic (exact) mass is 280 g/mol. The number of carbonyl (C=O) groups excluding carboxylic acids is 1. The Balaban J connectivity index is 2.04. The number of pyridine rings is 1. The van der Waals surface area contributed by atoms with Gasteiger partial charge in [0, 0.05) is 16.8 Å². The Labute approximate surface area is 115 Å². The summed E-state index contributed by atoms with van der Waals surface area (Å²) in [7, 11) is 0. The molecule has 0 aliphatic heterocycles. The molecule has 1 heterocycles. The predicted octanol–water partition coefficient (Wildman–Crippen LogP) is 3.68. The molecule has 1 aromatic carbocycles. The molecule has 1 aromatic heterocycles. The number of ketones is 1. The minimum Gasteiger partial charge on any atom is -0.363 e. The molecule has 0 radical (unpaired) electrons. The number of halogens is 2. The van der Waals surface area contributed by atoms with E-state index in [1.54, 1.807) is 30.5 Å². The van der Waals surface area contributed by atoms with Crippen LogP contribution in [0.1, 0.15) is 10.4 Å². The Bertz CT molecular complexity index is 558. The summed E-state index contributed by atoms with van der Waals surface area (Å²) < 4.78 is 0. The molecule has 0 amide bonds. The normalized spacial score (nSPS) is 10.1. The van der Waals surface area contributed by atoms with Crippen LogP contribution >= 0.6 is 23.2 Å². The first-order chi connectivity index (χ1) is 8.66. The lowest BCUT2D eigenvalue weighted by molar-refractivity contribution is 0.101. The highest BCUT2D eigenvalue weighted by atomic mass is 35.5. The zero-order chi connectivity index (χ0) is 13.0. The summed E-state index contributed by atoms with van der Waals surface area (Å²) in [6.07, 6.45) is 1.65. The zero-order valence-corrected chi connectivity index (χ0v) is 10.9. The first-order valence-corrected chi connectivity index (χ1v) is 6.05. The van der Waals surface area contributed by atoms with Crippen LogP contribution in [0.15, 0.2) is 42.6 Å². The molecule has 0 saturated heterocycles. The minimum atomic E-state index is -0.109. The van der Waals surface area contributed by atoms with Gasteiger partial charge in [-0.3, -0.25) is 4.79 Å². The maximum Gasteiger partial charge on any atom is 0.183 e. The van der Waals surface area contributed by atoms with Crippen molar-refractivity contribution in [3.05, 3.63) is 58.2 Å². The number of nitrogens with one attached hydrogen (secondary N) is 1. The van der Waals surface area contributed by atoms with Crippen molar-refractivity contribution in [3.63, 3.8) is 0 Å². The molecule has 0 aliphatic rings. The van der Waals surface area contributed by atoms with Crippen molar-refractivity contribution in [1.29, 1.82) is 0 Å². The average molecular weight is 281 g/mol. The third-order valence-corrected chi connectivity index (χ3v) is 2.87. The molecule has 0 bridgehead atoms. The number of hydrogen-bond acceptors (Lipinski definition) is 3. The van der Waals surface area contributed by atoms with Gasteiger partial charge >= 0.3 is 0 Å².